The molecule has 0 saturated carbocycles. The molecule has 30 heteroatoms. The van der Waals surface area contributed by atoms with Crippen LogP contribution in [0, 0.1) is 28.1 Å². The summed E-state index contributed by atoms with van der Waals surface area (Å²) in [6, 6.07) is 22.1. The van der Waals surface area contributed by atoms with Crippen molar-refractivity contribution in [2.45, 2.75) is 248 Å². The number of cyclic esters (lactones) is 2. The van der Waals surface area contributed by atoms with Crippen LogP contribution in [-0.2, 0) is 70.4 Å². The molecule has 0 amide bonds. The van der Waals surface area contributed by atoms with Gasteiger partial charge in [0.15, 0.2) is 55.3 Å². The second kappa shape index (κ2) is 38.7. The second-order valence-corrected chi connectivity index (χ2v) is 79.1. The summed E-state index contributed by atoms with van der Waals surface area (Å²) in [4.78, 5) is 44.2. The molecule has 4 unspecified atom stereocenters. The summed E-state index contributed by atoms with van der Waals surface area (Å²) in [6.07, 6.45) is 7.17. The van der Waals surface area contributed by atoms with Crippen molar-refractivity contribution in [2.75, 3.05) is 13.2 Å². The Balaban J connectivity index is 0. The normalized spacial score (nSPS) is 18.3. The largest absolute Gasteiger partial charge is 0.462 e. The Labute approximate surface area is 589 Å². The molecule has 0 fully saturated rings. The number of carbonyl (C=O) groups is 4. The first kappa shape index (κ1) is 94.0. The second-order valence-electron chi connectivity index (χ2n) is 31.1. The molecule has 18 nitrogen and oxygen atoms in total. The molecule has 95 heavy (non-hydrogen) atoms. The van der Waals surface area contributed by atoms with Gasteiger partial charge in [0, 0.05) is 24.0 Å². The third-order valence-electron chi connectivity index (χ3n) is 12.8. The van der Waals surface area contributed by atoms with Gasteiger partial charge in [-0.1, -0.05) is 102 Å². The van der Waals surface area contributed by atoms with Gasteiger partial charge in [-0.25, -0.2) is 14.4 Å². The Hall–Kier alpha value is -3.04. The Morgan fingerprint density at radius 1 is 0.568 bits per heavy atom. The van der Waals surface area contributed by atoms with Crippen molar-refractivity contribution in [3.63, 3.8) is 0 Å². The predicted molar refractivity (Wildman–Crippen MR) is 417 cm³/mol. The number of hydrogen-bond acceptors (Lipinski definition) is 18. The van der Waals surface area contributed by atoms with E-state index < -0.39 is 131 Å². The van der Waals surface area contributed by atoms with Gasteiger partial charge in [0.05, 0.1) is 12.7 Å². The van der Waals surface area contributed by atoms with Crippen molar-refractivity contribution in [3.8, 4) is 12.1 Å². The topological polar surface area (TPSA) is 227 Å². The van der Waals surface area contributed by atoms with E-state index >= 15 is 0 Å². The van der Waals surface area contributed by atoms with Gasteiger partial charge in [-0.3, -0.25) is 4.79 Å². The highest BCUT2D eigenvalue weighted by Crippen LogP contribution is 2.61. The zero-order valence-electron chi connectivity index (χ0n) is 62.1. The van der Waals surface area contributed by atoms with Gasteiger partial charge < -0.3 is 51.2 Å². The minimum atomic E-state index is -2.49. The van der Waals surface area contributed by atoms with Gasteiger partial charge in [0.1, 0.15) is 18.2 Å². The molecule has 0 radical (unpaired) electrons. The molecule has 3 aliphatic carbocycles. The number of esters is 4. The molecule has 2 aromatic rings. The van der Waals surface area contributed by atoms with E-state index in [2.05, 4.69) is 220 Å². The maximum atomic E-state index is 12.8. The zero-order chi connectivity index (χ0) is 72.3. The van der Waals surface area contributed by atoms with E-state index in [0.29, 0.717) is 18.9 Å². The number of benzene rings is 2. The molecular weight excluding hydrogens is 1400 g/mol. The van der Waals surface area contributed by atoms with Crippen LogP contribution in [-0.4, -0.2) is 139 Å². The molecule has 4 atom stereocenters. The smallest absolute Gasteiger partial charge is 0.348 e. The fraction of sp³-hybridized carbons (Fsp3) is 0.631. The van der Waals surface area contributed by atoms with Crippen LogP contribution in [0.2, 0.25) is 189 Å². The fourth-order valence-electron chi connectivity index (χ4n) is 11.6. The Kier molecular flexibility index (Phi) is 38.3. The summed E-state index contributed by atoms with van der Waals surface area (Å²) in [5.41, 5.74) is 3.24. The average Bonchev–Trinajstić information content (AvgIpc) is 0.714. The van der Waals surface area contributed by atoms with E-state index in [1.54, 1.807) is 6.07 Å². The lowest BCUT2D eigenvalue weighted by Crippen LogP contribution is -2.56. The number of fused-ring (bicyclic) bond motifs is 1. The van der Waals surface area contributed by atoms with E-state index in [9.17, 15) is 24.4 Å². The molecule has 2 aromatic carbocycles. The fourth-order valence-corrected chi connectivity index (χ4v) is 62.0. The van der Waals surface area contributed by atoms with Crippen LogP contribution in [0.1, 0.15) is 81.5 Å². The third-order valence-corrected chi connectivity index (χ3v) is 52.1. The Morgan fingerprint density at radius 3 is 1.27 bits per heavy atom. The summed E-state index contributed by atoms with van der Waals surface area (Å²) >= 11 is 0. The van der Waals surface area contributed by atoms with Crippen LogP contribution >= 0.6 is 0 Å². The van der Waals surface area contributed by atoms with Crippen LogP contribution < -0.4 is 0 Å². The minimum Gasteiger partial charge on any atom is -0.462 e. The molecule has 4 aliphatic rings. The first-order valence-corrected chi connectivity index (χ1v) is 68.4. The van der Waals surface area contributed by atoms with E-state index in [-0.39, 0.29) is 45.5 Å². The monoisotopic (exact) mass is 1530 g/mol. The zero-order valence-corrected chi connectivity index (χ0v) is 74.2. The molecule has 540 valence electrons. The van der Waals surface area contributed by atoms with E-state index in [4.69, 9.17) is 51.8 Å². The van der Waals surface area contributed by atoms with Gasteiger partial charge in [0.25, 0.3) is 9.28 Å². The van der Waals surface area contributed by atoms with Crippen LogP contribution in [0.4, 0.5) is 0 Å². The standard InChI is InChI=1S/C21H17NO2.C16H35NO5Si4.C13H36O3Si4.C9H28O3Si4.C4H2O3.2CH4/c1-2-11-24-20(23)21(13-22)12-18-14-7-3-5-9-16(14)19(21)17-10-6-4-8-15(17)18;1-15(14-17)16(18)19-12-11-13-26(10,21-24(5,6)7)22-25(8,9)20-23(2,3)4;1-11-12-13-20(10,15-18(5,6)7)16-19(8,9)14-17(2,3)4;1-13(10-14(2,3)4)11-16(8,9)12-15(5,6)7;5-3-1-2-4(6)7-3;;/h2-10,18-19H,1,11-12H2;1,11-13H2,2-10H3;11-13H2,1-10H3;13H,1-9H3;1-2H;2*1H4. The first-order chi connectivity index (χ1) is 42.0. The van der Waals surface area contributed by atoms with Crippen LogP contribution in [0.25, 0.3) is 0 Å². The van der Waals surface area contributed by atoms with Crippen molar-refractivity contribution in [1.29, 1.82) is 10.5 Å². The Bertz CT molecular complexity index is 2870. The number of unbranched alkanes of at least 4 members (excludes halogenated alkanes) is 1. The van der Waals surface area contributed by atoms with Gasteiger partial charge in [-0.2, -0.15) is 10.5 Å². The van der Waals surface area contributed by atoms with Crippen molar-refractivity contribution >= 4 is 126 Å². The maximum Gasteiger partial charge on any atom is 0.348 e. The number of ether oxygens (including phenoxy) is 3. The molecule has 0 N–H and O–H groups in total. The van der Waals surface area contributed by atoms with Crippen LogP contribution in [0.5, 0.6) is 0 Å². The highest BCUT2D eigenvalue weighted by atomic mass is 28.5. The van der Waals surface area contributed by atoms with Gasteiger partial charge in [-0.05, 0) is 224 Å². The van der Waals surface area contributed by atoms with E-state index in [0.717, 1.165) is 29.3 Å². The molecule has 0 saturated heterocycles. The summed E-state index contributed by atoms with van der Waals surface area (Å²) in [5, 5.41) is 18.7. The number of hydrogen-bond donors (Lipinski definition) is 0. The molecule has 1 heterocycles. The predicted octanol–water partition coefficient (Wildman–Crippen LogP) is 17.8. The molecular formula is C65H126N2O16Si12. The molecule has 2 bridgehead atoms. The van der Waals surface area contributed by atoms with Gasteiger partial charge in [-0.15, -0.1) is 0 Å². The molecule has 1 aliphatic heterocycles. The quantitative estimate of drug-likeness (QED) is 0.0108. The van der Waals surface area contributed by atoms with E-state index in [1.165, 1.54) is 30.0 Å². The number of nitrogens with zero attached hydrogens (tertiary/aromatic N) is 2. The number of rotatable bonds is 29. The summed E-state index contributed by atoms with van der Waals surface area (Å²) in [7, 11) is -22.2. The third kappa shape index (κ3) is 37.3. The Morgan fingerprint density at radius 2 is 0.947 bits per heavy atom. The molecule has 6 rings (SSSR count). The lowest BCUT2D eigenvalue weighted by atomic mass is 9.52. The van der Waals surface area contributed by atoms with E-state index in [1.807, 2.05) is 36.4 Å². The summed E-state index contributed by atoms with van der Waals surface area (Å²) in [5.74, 6) is -2.49. The molecule has 0 aromatic heterocycles. The van der Waals surface area contributed by atoms with Crippen LogP contribution in [0.3, 0.4) is 0 Å². The lowest BCUT2D eigenvalue weighted by Gasteiger charge is -2.48. The number of carbonyl (C=O) groups excluding carboxylic acids is 4. The summed E-state index contributed by atoms with van der Waals surface area (Å²) < 4.78 is 71.4. The van der Waals surface area contributed by atoms with Gasteiger partial charge >= 0.3 is 66.7 Å². The maximum absolute atomic E-state index is 12.8. The highest BCUT2D eigenvalue weighted by Gasteiger charge is 2.58. The van der Waals surface area contributed by atoms with Crippen molar-refractivity contribution < 1.29 is 70.4 Å². The van der Waals surface area contributed by atoms with Crippen LogP contribution in [0.15, 0.2) is 85.5 Å². The summed E-state index contributed by atoms with van der Waals surface area (Å²) in [6.45, 7) is 68.3. The SMILES string of the molecule is C.C.C=C(C#N)C(=O)OCCC[Si](C)(O[Si](C)(C)C)O[Si](C)(C)O[Si](C)(C)C.C=CCOC(=O)C1(C#N)CC2c3ccccc3C1c1ccccc12.CCCC[Si](C)(O[Si](C)(C)C)O[Si](C)(C)O[Si](C)(C)C.C[SiH](O[Si](C)(C)C)O[Si](C)(C)O[Si](C)(C)C.O=C1C=CC(=O)O1. The van der Waals surface area contributed by atoms with Crippen molar-refractivity contribution in [1.82, 2.24) is 0 Å². The van der Waals surface area contributed by atoms with Crippen molar-refractivity contribution in [2.24, 2.45) is 5.41 Å². The van der Waals surface area contributed by atoms with Crippen molar-refractivity contribution in [3.05, 3.63) is 108 Å². The first-order valence-electron chi connectivity index (χ1n) is 32.3. The number of nitriles is 2. The molecule has 0 spiro atoms. The highest BCUT2D eigenvalue weighted by molar-refractivity contribution is 6.91. The van der Waals surface area contributed by atoms with Gasteiger partial charge in [0.2, 0.25) is 0 Å². The lowest BCUT2D eigenvalue weighted by molar-refractivity contribution is -0.153. The minimum absolute atomic E-state index is 0. The average molecular weight is 1530 g/mol.